The van der Waals surface area contributed by atoms with Crippen molar-refractivity contribution < 1.29 is 9.18 Å². The Morgan fingerprint density at radius 3 is 2.63 bits per heavy atom. The Hall–Kier alpha value is -1.42. The molecule has 1 aromatic carbocycles. The fourth-order valence-electron chi connectivity index (χ4n) is 1.96. The third kappa shape index (κ3) is 5.39. The maximum Gasteiger partial charge on any atom is 0.227 e. The first-order chi connectivity index (χ1) is 9.04. The van der Waals surface area contributed by atoms with Gasteiger partial charge in [-0.1, -0.05) is 32.0 Å². The lowest BCUT2D eigenvalue weighted by molar-refractivity contribution is -0.131. The smallest absolute Gasteiger partial charge is 0.227 e. The fourth-order valence-corrected chi connectivity index (χ4v) is 1.96. The van der Waals surface area contributed by atoms with Gasteiger partial charge in [0.15, 0.2) is 0 Å². The van der Waals surface area contributed by atoms with Gasteiger partial charge < -0.3 is 10.6 Å². The number of carbonyl (C=O) groups excluding carboxylic acids is 1. The highest BCUT2D eigenvalue weighted by Gasteiger charge is 2.16. The van der Waals surface area contributed by atoms with Crippen molar-refractivity contribution in [2.24, 2.45) is 11.7 Å². The summed E-state index contributed by atoms with van der Waals surface area (Å²) in [7, 11) is 0. The number of hydrogen-bond acceptors (Lipinski definition) is 2. The van der Waals surface area contributed by atoms with Gasteiger partial charge in [0.1, 0.15) is 5.82 Å². The Bertz CT molecular complexity index is 407. The van der Waals surface area contributed by atoms with Gasteiger partial charge in [-0.15, -0.1) is 0 Å². The van der Waals surface area contributed by atoms with Crippen molar-refractivity contribution >= 4 is 5.91 Å². The summed E-state index contributed by atoms with van der Waals surface area (Å²) in [5, 5.41) is 0. The van der Waals surface area contributed by atoms with Gasteiger partial charge in [0.2, 0.25) is 5.91 Å². The predicted molar refractivity (Wildman–Crippen MR) is 75.2 cm³/mol. The summed E-state index contributed by atoms with van der Waals surface area (Å²) in [5.74, 6) is 0.0359. The molecule has 0 aromatic heterocycles. The molecule has 0 spiro atoms. The largest absolute Gasteiger partial charge is 0.342 e. The molecule has 1 aromatic rings. The van der Waals surface area contributed by atoms with E-state index in [1.54, 1.807) is 23.1 Å². The van der Waals surface area contributed by atoms with Gasteiger partial charge in [0, 0.05) is 13.1 Å². The molecule has 3 nitrogen and oxygen atoms in total. The van der Waals surface area contributed by atoms with Gasteiger partial charge in [-0.05, 0) is 30.5 Å². The maximum atomic E-state index is 13.5. The highest BCUT2D eigenvalue weighted by atomic mass is 19.1. The molecule has 0 saturated heterocycles. The van der Waals surface area contributed by atoms with Crippen molar-refractivity contribution in [3.8, 4) is 0 Å². The normalized spacial score (nSPS) is 10.8. The molecule has 106 valence electrons. The van der Waals surface area contributed by atoms with E-state index in [9.17, 15) is 9.18 Å². The van der Waals surface area contributed by atoms with Crippen molar-refractivity contribution in [2.75, 3.05) is 19.6 Å². The van der Waals surface area contributed by atoms with Gasteiger partial charge in [0.25, 0.3) is 0 Å². The second-order valence-electron chi connectivity index (χ2n) is 5.14. The molecule has 2 N–H and O–H groups in total. The van der Waals surface area contributed by atoms with E-state index in [1.165, 1.54) is 6.07 Å². The Balaban J connectivity index is 2.68. The lowest BCUT2D eigenvalue weighted by atomic mass is 10.1. The van der Waals surface area contributed by atoms with Crippen LogP contribution in [0.3, 0.4) is 0 Å². The molecule has 0 aliphatic heterocycles. The topological polar surface area (TPSA) is 46.3 Å². The highest BCUT2D eigenvalue weighted by Crippen LogP contribution is 2.10. The summed E-state index contributed by atoms with van der Waals surface area (Å²) in [4.78, 5) is 14.0. The molecule has 1 rings (SSSR count). The lowest BCUT2D eigenvalue weighted by Crippen LogP contribution is -2.37. The highest BCUT2D eigenvalue weighted by molar-refractivity contribution is 5.78. The molecule has 0 atom stereocenters. The summed E-state index contributed by atoms with van der Waals surface area (Å²) in [5.41, 5.74) is 5.94. The van der Waals surface area contributed by atoms with E-state index in [1.807, 2.05) is 0 Å². The Labute approximate surface area is 114 Å². The quantitative estimate of drug-likeness (QED) is 0.822. The molecular weight excluding hydrogens is 243 g/mol. The van der Waals surface area contributed by atoms with Crippen LogP contribution in [-0.2, 0) is 11.2 Å². The molecule has 0 aliphatic rings. The summed E-state index contributed by atoms with van der Waals surface area (Å²) in [6, 6.07) is 6.42. The third-order valence-electron chi connectivity index (χ3n) is 2.87. The van der Waals surface area contributed by atoms with Gasteiger partial charge in [-0.3, -0.25) is 4.79 Å². The minimum atomic E-state index is -0.320. The zero-order valence-electron chi connectivity index (χ0n) is 11.7. The second kappa shape index (κ2) is 7.89. The zero-order chi connectivity index (χ0) is 14.3. The summed E-state index contributed by atoms with van der Waals surface area (Å²) < 4.78 is 13.5. The minimum Gasteiger partial charge on any atom is -0.342 e. The molecule has 0 bridgehead atoms. The second-order valence-corrected chi connectivity index (χ2v) is 5.14. The number of hydrogen-bond donors (Lipinski definition) is 1. The minimum absolute atomic E-state index is 0.0350. The molecule has 0 radical (unpaired) electrons. The average Bonchev–Trinajstić information content (AvgIpc) is 2.36. The third-order valence-corrected chi connectivity index (χ3v) is 2.87. The SMILES string of the molecule is CC(C)CN(CCCN)C(=O)Cc1ccccc1F. The van der Waals surface area contributed by atoms with Crippen LogP contribution in [0.4, 0.5) is 4.39 Å². The van der Waals surface area contributed by atoms with Crippen LogP contribution in [0.15, 0.2) is 24.3 Å². The Kier molecular flexibility index (Phi) is 6.50. The van der Waals surface area contributed by atoms with E-state index in [2.05, 4.69) is 13.8 Å². The number of nitrogens with two attached hydrogens (primary N) is 1. The fraction of sp³-hybridized carbons (Fsp3) is 0.533. The van der Waals surface area contributed by atoms with Gasteiger partial charge >= 0.3 is 0 Å². The molecule has 0 fully saturated rings. The van der Waals surface area contributed by atoms with Crippen molar-refractivity contribution in [3.63, 3.8) is 0 Å². The van der Waals surface area contributed by atoms with Crippen LogP contribution in [0.25, 0.3) is 0 Å². The molecule has 4 heteroatoms. The zero-order valence-corrected chi connectivity index (χ0v) is 11.7. The molecular formula is C15H23FN2O. The number of amides is 1. The molecule has 19 heavy (non-hydrogen) atoms. The van der Waals surface area contributed by atoms with E-state index in [-0.39, 0.29) is 18.1 Å². The van der Waals surface area contributed by atoms with Crippen LogP contribution >= 0.6 is 0 Å². The van der Waals surface area contributed by atoms with Crippen molar-refractivity contribution in [1.29, 1.82) is 0 Å². The standard InChI is InChI=1S/C15H23FN2O/c1-12(2)11-18(9-5-8-17)15(19)10-13-6-3-4-7-14(13)16/h3-4,6-7,12H,5,8-11,17H2,1-2H3. The van der Waals surface area contributed by atoms with Crippen LogP contribution in [0.5, 0.6) is 0 Å². The van der Waals surface area contributed by atoms with E-state index in [4.69, 9.17) is 5.73 Å². The number of halogens is 1. The number of rotatable bonds is 7. The molecule has 1 amide bonds. The monoisotopic (exact) mass is 266 g/mol. The van der Waals surface area contributed by atoms with Crippen molar-refractivity contribution in [1.82, 2.24) is 4.90 Å². The first-order valence-electron chi connectivity index (χ1n) is 6.75. The van der Waals surface area contributed by atoms with Gasteiger partial charge in [-0.2, -0.15) is 0 Å². The molecule has 0 saturated carbocycles. The number of carbonyl (C=O) groups is 1. The van der Waals surface area contributed by atoms with Crippen molar-refractivity contribution in [2.45, 2.75) is 26.7 Å². The van der Waals surface area contributed by atoms with Gasteiger partial charge in [0.05, 0.1) is 6.42 Å². The number of nitrogens with zero attached hydrogens (tertiary/aromatic N) is 1. The van der Waals surface area contributed by atoms with Crippen LogP contribution in [0.1, 0.15) is 25.8 Å². The van der Waals surface area contributed by atoms with Crippen LogP contribution in [0, 0.1) is 11.7 Å². The predicted octanol–water partition coefficient (Wildman–Crippen LogP) is 2.20. The number of benzene rings is 1. The lowest BCUT2D eigenvalue weighted by Gasteiger charge is -2.24. The van der Waals surface area contributed by atoms with Crippen LogP contribution in [-0.4, -0.2) is 30.4 Å². The Morgan fingerprint density at radius 2 is 2.05 bits per heavy atom. The maximum absolute atomic E-state index is 13.5. The van der Waals surface area contributed by atoms with E-state index < -0.39 is 0 Å². The molecule has 0 aliphatic carbocycles. The van der Waals surface area contributed by atoms with E-state index in [0.29, 0.717) is 31.1 Å². The van der Waals surface area contributed by atoms with Gasteiger partial charge in [-0.25, -0.2) is 4.39 Å². The van der Waals surface area contributed by atoms with Crippen LogP contribution < -0.4 is 5.73 Å². The first kappa shape index (κ1) is 15.6. The summed E-state index contributed by atoms with van der Waals surface area (Å²) in [6.07, 6.45) is 0.889. The van der Waals surface area contributed by atoms with Crippen molar-refractivity contribution in [3.05, 3.63) is 35.6 Å². The van der Waals surface area contributed by atoms with Crippen LogP contribution in [0.2, 0.25) is 0 Å². The summed E-state index contributed by atoms with van der Waals surface area (Å²) >= 11 is 0. The Morgan fingerprint density at radius 1 is 1.37 bits per heavy atom. The van der Waals surface area contributed by atoms with E-state index in [0.717, 1.165) is 6.42 Å². The summed E-state index contributed by atoms with van der Waals surface area (Å²) in [6.45, 7) is 6.01. The molecule has 0 unspecified atom stereocenters. The van der Waals surface area contributed by atoms with E-state index >= 15 is 0 Å². The average molecular weight is 266 g/mol. The first-order valence-corrected chi connectivity index (χ1v) is 6.75. The molecule has 0 heterocycles.